The summed E-state index contributed by atoms with van der Waals surface area (Å²) >= 11 is 0. The minimum atomic E-state index is -4.42. The third kappa shape index (κ3) is 6.48. The Labute approximate surface area is 200 Å². The number of rotatable bonds is 5. The predicted molar refractivity (Wildman–Crippen MR) is 129 cm³/mol. The first-order chi connectivity index (χ1) is 15.7. The lowest BCUT2D eigenvalue weighted by molar-refractivity contribution is -0.137. The van der Waals surface area contributed by atoms with Gasteiger partial charge in [-0.05, 0) is 43.7 Å². The molecule has 8 heteroatoms. The van der Waals surface area contributed by atoms with Crippen LogP contribution in [0.4, 0.5) is 19.0 Å². The molecule has 0 aliphatic carbocycles. The lowest BCUT2D eigenvalue weighted by Gasteiger charge is -2.37. The summed E-state index contributed by atoms with van der Waals surface area (Å²) < 4.78 is 39.5. The molecule has 186 valence electrons. The van der Waals surface area contributed by atoms with Gasteiger partial charge < -0.3 is 9.80 Å². The maximum Gasteiger partial charge on any atom is 0.416 e. The van der Waals surface area contributed by atoms with E-state index in [4.69, 9.17) is 0 Å². The molecule has 1 saturated heterocycles. The van der Waals surface area contributed by atoms with E-state index in [2.05, 4.69) is 42.6 Å². The Bertz CT molecular complexity index is 1020. The molecule has 0 bridgehead atoms. The van der Waals surface area contributed by atoms with Crippen molar-refractivity contribution in [2.24, 2.45) is 11.3 Å². The van der Waals surface area contributed by atoms with Crippen LogP contribution in [0.2, 0.25) is 0 Å². The number of aromatic nitrogens is 2. The number of halogens is 3. The molecule has 0 saturated carbocycles. The zero-order valence-electron chi connectivity index (χ0n) is 21.0. The molecule has 5 nitrogen and oxygen atoms in total. The van der Waals surface area contributed by atoms with Crippen LogP contribution in [0, 0.1) is 25.2 Å². The molecule has 1 aliphatic heterocycles. The molecular weight excluding hydrogens is 441 g/mol. The van der Waals surface area contributed by atoms with Crippen LogP contribution in [-0.2, 0) is 11.0 Å². The zero-order valence-corrected chi connectivity index (χ0v) is 21.0. The van der Waals surface area contributed by atoms with Crippen molar-refractivity contribution >= 4 is 11.7 Å². The predicted octanol–water partition coefficient (Wildman–Crippen LogP) is 5.89. The average molecular weight is 477 g/mol. The van der Waals surface area contributed by atoms with E-state index in [1.165, 1.54) is 6.07 Å². The highest BCUT2D eigenvalue weighted by Gasteiger charge is 2.31. The van der Waals surface area contributed by atoms with Crippen molar-refractivity contribution in [2.75, 3.05) is 31.1 Å². The number of aryl methyl sites for hydroxylation is 1. The van der Waals surface area contributed by atoms with Crippen molar-refractivity contribution in [1.82, 2.24) is 14.9 Å². The van der Waals surface area contributed by atoms with Gasteiger partial charge in [0.15, 0.2) is 5.82 Å². The standard InChI is InChI=1S/C26H35F3N4O/c1-17(16-25(4,5)6)14-22(34)32-10-12-33(13-11-32)24-18(2)19(3)30-23(31-24)20-8-7-9-21(15-20)26(27,28)29/h7-9,15,17H,10-14,16H2,1-6H3. The first kappa shape index (κ1) is 26.0. The third-order valence-electron chi connectivity index (χ3n) is 6.23. The van der Waals surface area contributed by atoms with Crippen molar-refractivity contribution in [1.29, 1.82) is 0 Å². The summed E-state index contributed by atoms with van der Waals surface area (Å²) in [6.07, 6.45) is -2.88. The van der Waals surface area contributed by atoms with Crippen LogP contribution < -0.4 is 4.90 Å². The number of anilines is 1. The third-order valence-corrected chi connectivity index (χ3v) is 6.23. The van der Waals surface area contributed by atoms with E-state index >= 15 is 0 Å². The molecule has 0 N–H and O–H groups in total. The summed E-state index contributed by atoms with van der Waals surface area (Å²) in [7, 11) is 0. The van der Waals surface area contributed by atoms with Gasteiger partial charge >= 0.3 is 6.18 Å². The fourth-order valence-electron chi connectivity index (χ4n) is 4.60. The Hall–Kier alpha value is -2.64. The van der Waals surface area contributed by atoms with E-state index in [0.717, 1.165) is 29.8 Å². The van der Waals surface area contributed by atoms with Crippen molar-refractivity contribution in [3.05, 3.63) is 41.1 Å². The number of nitrogens with zero attached hydrogens (tertiary/aromatic N) is 4. The number of hydrogen-bond donors (Lipinski definition) is 0. The Balaban J connectivity index is 1.73. The van der Waals surface area contributed by atoms with Crippen molar-refractivity contribution in [3.63, 3.8) is 0 Å². The average Bonchev–Trinajstić information content (AvgIpc) is 2.74. The topological polar surface area (TPSA) is 49.3 Å². The highest BCUT2D eigenvalue weighted by molar-refractivity contribution is 5.76. The minimum absolute atomic E-state index is 0.177. The minimum Gasteiger partial charge on any atom is -0.353 e. The van der Waals surface area contributed by atoms with Gasteiger partial charge in [0.2, 0.25) is 5.91 Å². The second kappa shape index (κ2) is 9.92. The summed E-state index contributed by atoms with van der Waals surface area (Å²) in [5, 5.41) is 0. The molecule has 1 aliphatic rings. The fraction of sp³-hybridized carbons (Fsp3) is 0.577. The number of carbonyl (C=O) groups excluding carboxylic acids is 1. The quantitative estimate of drug-likeness (QED) is 0.540. The SMILES string of the molecule is Cc1nc(-c2cccc(C(F)(F)F)c2)nc(N2CCN(C(=O)CC(C)CC(C)(C)C)CC2)c1C. The summed E-state index contributed by atoms with van der Waals surface area (Å²) in [6, 6.07) is 5.10. The molecule has 34 heavy (non-hydrogen) atoms. The van der Waals surface area contributed by atoms with Crippen molar-refractivity contribution in [3.8, 4) is 11.4 Å². The molecule has 0 spiro atoms. The van der Waals surface area contributed by atoms with Gasteiger partial charge in [0.1, 0.15) is 5.82 Å². The molecule has 1 amide bonds. The van der Waals surface area contributed by atoms with Crippen LogP contribution in [0.1, 0.15) is 57.4 Å². The van der Waals surface area contributed by atoms with Crippen LogP contribution in [0.5, 0.6) is 0 Å². The van der Waals surface area contributed by atoms with Crippen LogP contribution in [0.3, 0.4) is 0 Å². The number of alkyl halides is 3. The lowest BCUT2D eigenvalue weighted by Crippen LogP contribution is -2.49. The lowest BCUT2D eigenvalue weighted by atomic mass is 9.84. The van der Waals surface area contributed by atoms with E-state index in [1.807, 2.05) is 18.7 Å². The molecule has 1 unspecified atom stereocenters. The second-order valence-corrected chi connectivity index (χ2v) is 10.6. The van der Waals surface area contributed by atoms with Crippen molar-refractivity contribution < 1.29 is 18.0 Å². The maximum absolute atomic E-state index is 13.2. The van der Waals surface area contributed by atoms with Crippen LogP contribution in [0.25, 0.3) is 11.4 Å². The molecule has 1 fully saturated rings. The van der Waals surface area contributed by atoms with Gasteiger partial charge in [0.05, 0.1) is 5.56 Å². The smallest absolute Gasteiger partial charge is 0.353 e. The second-order valence-electron chi connectivity index (χ2n) is 10.6. The number of benzene rings is 1. The summed E-state index contributed by atoms with van der Waals surface area (Å²) in [4.78, 5) is 25.9. The van der Waals surface area contributed by atoms with Gasteiger partial charge in [0, 0.05) is 49.4 Å². The summed E-state index contributed by atoms with van der Waals surface area (Å²) in [5.74, 6) is 1.50. The Kier molecular flexibility index (Phi) is 7.58. The Morgan fingerprint density at radius 1 is 1.06 bits per heavy atom. The summed E-state index contributed by atoms with van der Waals surface area (Å²) in [5.41, 5.74) is 1.43. The molecule has 1 atom stereocenters. The number of piperazine rings is 1. The van der Waals surface area contributed by atoms with Crippen molar-refractivity contribution in [2.45, 2.75) is 60.6 Å². The molecule has 2 aromatic rings. The highest BCUT2D eigenvalue weighted by Crippen LogP contribution is 2.33. The molecule has 3 rings (SSSR count). The number of hydrogen-bond acceptors (Lipinski definition) is 4. The van der Waals surface area contributed by atoms with E-state index < -0.39 is 11.7 Å². The van der Waals surface area contributed by atoms with Gasteiger partial charge in [-0.2, -0.15) is 13.2 Å². The molecule has 1 aromatic carbocycles. The van der Waals surface area contributed by atoms with Gasteiger partial charge in [-0.1, -0.05) is 39.8 Å². The first-order valence-corrected chi connectivity index (χ1v) is 11.8. The maximum atomic E-state index is 13.2. The Morgan fingerprint density at radius 2 is 1.71 bits per heavy atom. The van der Waals surface area contributed by atoms with Crippen LogP contribution in [-0.4, -0.2) is 47.0 Å². The largest absolute Gasteiger partial charge is 0.416 e. The molecule has 1 aromatic heterocycles. The monoisotopic (exact) mass is 476 g/mol. The summed E-state index contributed by atoms with van der Waals surface area (Å²) in [6.45, 7) is 14.9. The fourth-order valence-corrected chi connectivity index (χ4v) is 4.60. The first-order valence-electron chi connectivity index (χ1n) is 11.8. The normalized spacial score (nSPS) is 16.0. The van der Waals surface area contributed by atoms with E-state index in [0.29, 0.717) is 49.9 Å². The molecule has 2 heterocycles. The molecule has 0 radical (unpaired) electrons. The molecular formula is C26H35F3N4O. The van der Waals surface area contributed by atoms with E-state index in [-0.39, 0.29) is 17.1 Å². The van der Waals surface area contributed by atoms with Crippen LogP contribution >= 0.6 is 0 Å². The Morgan fingerprint density at radius 3 is 2.29 bits per heavy atom. The van der Waals surface area contributed by atoms with Gasteiger partial charge in [-0.15, -0.1) is 0 Å². The number of amides is 1. The zero-order chi connectivity index (χ0) is 25.3. The van der Waals surface area contributed by atoms with Gasteiger partial charge in [-0.25, -0.2) is 9.97 Å². The highest BCUT2D eigenvalue weighted by atomic mass is 19.4. The van der Waals surface area contributed by atoms with Gasteiger partial charge in [0.25, 0.3) is 0 Å². The van der Waals surface area contributed by atoms with E-state index in [9.17, 15) is 18.0 Å². The number of carbonyl (C=O) groups is 1. The van der Waals surface area contributed by atoms with Gasteiger partial charge in [-0.3, -0.25) is 4.79 Å². The van der Waals surface area contributed by atoms with Crippen LogP contribution in [0.15, 0.2) is 24.3 Å². The van der Waals surface area contributed by atoms with E-state index in [1.54, 1.807) is 6.07 Å².